The fourth-order valence-corrected chi connectivity index (χ4v) is 0.766. The van der Waals surface area contributed by atoms with Gasteiger partial charge in [0.05, 0.1) is 0 Å². The van der Waals surface area contributed by atoms with Crippen LogP contribution in [-0.4, -0.2) is 26.4 Å². The predicted molar refractivity (Wildman–Crippen MR) is 46.5 cm³/mol. The Balaban J connectivity index is 2.69. The molecule has 11 heavy (non-hydrogen) atoms. The Labute approximate surface area is 69.9 Å². The molecule has 0 aromatic rings. The minimum absolute atomic E-state index is 0.819. The van der Waals surface area contributed by atoms with Crippen LogP contribution < -0.4 is 0 Å². The first kappa shape index (κ1) is 10.9. The molecule has 67 valence electrons. The fourth-order valence-electron chi connectivity index (χ4n) is 0.766. The van der Waals surface area contributed by atoms with Gasteiger partial charge in [-0.1, -0.05) is 0 Å². The Morgan fingerprint density at radius 2 is 1.36 bits per heavy atom. The molecule has 0 aliphatic heterocycles. The lowest BCUT2D eigenvalue weighted by Crippen LogP contribution is -1.97. The maximum absolute atomic E-state index is 5.17. The lowest BCUT2D eigenvalue weighted by atomic mass is 10.2. The summed E-state index contributed by atoms with van der Waals surface area (Å²) >= 11 is 0. The zero-order valence-electron chi connectivity index (χ0n) is 7.64. The molecule has 0 unspecified atom stereocenters. The Morgan fingerprint density at radius 3 is 1.73 bits per heavy atom. The van der Waals surface area contributed by atoms with E-state index in [2.05, 4.69) is 6.42 Å². The lowest BCUT2D eigenvalue weighted by molar-refractivity contribution is 0.138. The topological polar surface area (TPSA) is 18.5 Å². The number of rotatable bonds is 8. The van der Waals surface area contributed by atoms with E-state index in [1.807, 2.05) is 13.8 Å². The van der Waals surface area contributed by atoms with Crippen molar-refractivity contribution in [2.45, 2.75) is 26.7 Å². The monoisotopic (exact) mass is 159 g/mol. The first-order chi connectivity index (χ1) is 5.41. The second-order valence-electron chi connectivity index (χ2n) is 2.26. The minimum Gasteiger partial charge on any atom is -0.382 e. The molecule has 0 bridgehead atoms. The third-order valence-electron chi connectivity index (χ3n) is 1.34. The van der Waals surface area contributed by atoms with Gasteiger partial charge in [-0.2, -0.15) is 0 Å². The number of hydrogen-bond donors (Lipinski definition) is 0. The zero-order valence-corrected chi connectivity index (χ0v) is 7.64. The fraction of sp³-hybridized carbons (Fsp3) is 0.889. The average Bonchev–Trinajstić information content (AvgIpc) is 2.03. The molecule has 2 nitrogen and oxygen atoms in total. The van der Waals surface area contributed by atoms with Gasteiger partial charge in [-0.25, -0.2) is 0 Å². The molecule has 1 radical (unpaired) electrons. The molecule has 0 aliphatic carbocycles. The van der Waals surface area contributed by atoms with Crippen LogP contribution in [-0.2, 0) is 9.47 Å². The normalized spacial score (nSPS) is 10.4. The summed E-state index contributed by atoms with van der Waals surface area (Å²) in [5.74, 6) is 0. The van der Waals surface area contributed by atoms with Crippen LogP contribution in [0.5, 0.6) is 0 Å². The Kier molecular flexibility index (Phi) is 9.85. The molecule has 2 heteroatoms. The van der Waals surface area contributed by atoms with E-state index in [4.69, 9.17) is 9.47 Å². The number of hydrogen-bond acceptors (Lipinski definition) is 2. The molecule has 0 aliphatic rings. The Bertz CT molecular complexity index is 56.6. The largest absolute Gasteiger partial charge is 0.382 e. The van der Waals surface area contributed by atoms with Crippen LogP contribution in [0.1, 0.15) is 26.7 Å². The second-order valence-corrected chi connectivity index (χ2v) is 2.26. The van der Waals surface area contributed by atoms with Crippen LogP contribution in [0, 0.1) is 6.42 Å². The van der Waals surface area contributed by atoms with E-state index in [1.54, 1.807) is 0 Å². The van der Waals surface area contributed by atoms with Gasteiger partial charge >= 0.3 is 0 Å². The number of unbranched alkanes of at least 4 members (excludes halogenated alkanes) is 2. The van der Waals surface area contributed by atoms with Crippen molar-refractivity contribution in [3.05, 3.63) is 6.42 Å². The minimum atomic E-state index is 0.819. The van der Waals surface area contributed by atoms with Gasteiger partial charge in [-0.15, -0.1) is 0 Å². The van der Waals surface area contributed by atoms with Gasteiger partial charge in [-0.05, 0) is 33.1 Å². The molecule has 0 aromatic carbocycles. The van der Waals surface area contributed by atoms with Crippen LogP contribution in [0.25, 0.3) is 0 Å². The van der Waals surface area contributed by atoms with E-state index in [-0.39, 0.29) is 0 Å². The molecule has 0 rings (SSSR count). The van der Waals surface area contributed by atoms with Gasteiger partial charge in [0.15, 0.2) is 0 Å². The van der Waals surface area contributed by atoms with Gasteiger partial charge < -0.3 is 9.47 Å². The highest BCUT2D eigenvalue weighted by Gasteiger charge is 1.88. The van der Waals surface area contributed by atoms with Gasteiger partial charge in [0.25, 0.3) is 0 Å². The van der Waals surface area contributed by atoms with E-state index >= 15 is 0 Å². The summed E-state index contributed by atoms with van der Waals surface area (Å²) in [6.45, 7) is 7.37. The number of ether oxygens (including phenoxy) is 2. The quantitative estimate of drug-likeness (QED) is 0.505. The molecule has 0 N–H and O–H groups in total. The van der Waals surface area contributed by atoms with Gasteiger partial charge in [0.2, 0.25) is 0 Å². The summed E-state index contributed by atoms with van der Waals surface area (Å²) in [7, 11) is 0. The zero-order chi connectivity index (χ0) is 8.36. The molecule has 0 atom stereocenters. The summed E-state index contributed by atoms with van der Waals surface area (Å²) in [6, 6.07) is 0. The van der Waals surface area contributed by atoms with Crippen molar-refractivity contribution in [1.29, 1.82) is 0 Å². The van der Waals surface area contributed by atoms with Gasteiger partial charge in [-0.3, -0.25) is 0 Å². The molecule has 0 fully saturated rings. The lowest BCUT2D eigenvalue weighted by Gasteiger charge is -2.01. The first-order valence-electron chi connectivity index (χ1n) is 4.39. The molecular formula is C9H19O2. The van der Waals surface area contributed by atoms with Gasteiger partial charge in [0.1, 0.15) is 0 Å². The van der Waals surface area contributed by atoms with Crippen LogP contribution in [0.3, 0.4) is 0 Å². The van der Waals surface area contributed by atoms with Crippen molar-refractivity contribution in [1.82, 2.24) is 0 Å². The summed E-state index contributed by atoms with van der Waals surface area (Å²) in [5.41, 5.74) is 0. The Hall–Kier alpha value is -0.0800. The third kappa shape index (κ3) is 9.92. The standard InChI is InChI=1S/C9H19O2/c1-3-10-8-6-5-7-9-11-4-2/h5H,3-4,6-9H2,1-2H3. The van der Waals surface area contributed by atoms with Crippen LogP contribution in [0.15, 0.2) is 0 Å². The van der Waals surface area contributed by atoms with Gasteiger partial charge in [0, 0.05) is 26.4 Å². The molecule has 0 saturated carbocycles. The molecule has 0 saturated heterocycles. The van der Waals surface area contributed by atoms with E-state index in [0.29, 0.717) is 0 Å². The highest BCUT2D eigenvalue weighted by Crippen LogP contribution is 1.94. The van der Waals surface area contributed by atoms with Crippen molar-refractivity contribution < 1.29 is 9.47 Å². The highest BCUT2D eigenvalue weighted by atomic mass is 16.5. The average molecular weight is 159 g/mol. The molecule has 0 amide bonds. The van der Waals surface area contributed by atoms with Crippen molar-refractivity contribution in [3.63, 3.8) is 0 Å². The molecule has 0 aromatic heterocycles. The molecule has 0 heterocycles. The summed E-state index contributed by atoms with van der Waals surface area (Å²) in [4.78, 5) is 0. The van der Waals surface area contributed by atoms with Crippen LogP contribution in [0.2, 0.25) is 0 Å². The molecule has 0 spiro atoms. The molecular weight excluding hydrogens is 140 g/mol. The van der Waals surface area contributed by atoms with Crippen molar-refractivity contribution in [3.8, 4) is 0 Å². The summed E-state index contributed by atoms with van der Waals surface area (Å²) in [5, 5.41) is 0. The van der Waals surface area contributed by atoms with E-state index in [1.165, 1.54) is 0 Å². The maximum Gasteiger partial charge on any atom is 0.0468 e. The van der Waals surface area contributed by atoms with E-state index < -0.39 is 0 Å². The van der Waals surface area contributed by atoms with Crippen molar-refractivity contribution >= 4 is 0 Å². The first-order valence-corrected chi connectivity index (χ1v) is 4.39. The summed E-state index contributed by atoms with van der Waals surface area (Å²) in [6.07, 6.45) is 4.30. The Morgan fingerprint density at radius 1 is 0.909 bits per heavy atom. The van der Waals surface area contributed by atoms with Crippen molar-refractivity contribution in [2.24, 2.45) is 0 Å². The smallest absolute Gasteiger partial charge is 0.0468 e. The highest BCUT2D eigenvalue weighted by molar-refractivity contribution is 4.62. The third-order valence-corrected chi connectivity index (χ3v) is 1.34. The SMILES string of the molecule is CCOCC[CH]CCOCC. The second kappa shape index (κ2) is 9.92. The van der Waals surface area contributed by atoms with Crippen molar-refractivity contribution in [2.75, 3.05) is 26.4 Å². The predicted octanol–water partition coefficient (Wildman–Crippen LogP) is 2.04. The van der Waals surface area contributed by atoms with E-state index in [0.717, 1.165) is 39.3 Å². The van der Waals surface area contributed by atoms with Crippen LogP contribution >= 0.6 is 0 Å². The van der Waals surface area contributed by atoms with E-state index in [9.17, 15) is 0 Å². The summed E-state index contributed by atoms with van der Waals surface area (Å²) < 4.78 is 10.3. The maximum atomic E-state index is 5.17. The van der Waals surface area contributed by atoms with Crippen LogP contribution in [0.4, 0.5) is 0 Å².